The van der Waals surface area contributed by atoms with Crippen LogP contribution in [0.2, 0.25) is 0 Å². The van der Waals surface area contributed by atoms with Crippen LogP contribution in [0.3, 0.4) is 0 Å². The molecule has 104 valence electrons. The average Bonchev–Trinajstić information content (AvgIpc) is 2.49. The number of aromatic nitrogens is 2. The molecule has 0 aliphatic heterocycles. The number of carbonyl (C=O) groups is 1. The first-order valence-corrected chi connectivity index (χ1v) is 7.00. The van der Waals surface area contributed by atoms with Gasteiger partial charge in [-0.25, -0.2) is 0 Å². The molecule has 3 rings (SSSR count). The summed E-state index contributed by atoms with van der Waals surface area (Å²) < 4.78 is 0.856. The van der Waals surface area contributed by atoms with Crippen molar-refractivity contribution in [2.75, 3.05) is 11.1 Å². The maximum atomic E-state index is 12.4. The van der Waals surface area contributed by atoms with Crippen molar-refractivity contribution in [2.24, 2.45) is 0 Å². The monoisotopic (exact) mass is 342 g/mol. The van der Waals surface area contributed by atoms with Gasteiger partial charge in [0.05, 0.1) is 22.5 Å². The number of anilines is 2. The third-order valence-corrected chi connectivity index (χ3v) is 3.50. The minimum Gasteiger partial charge on any atom is -0.397 e. The predicted octanol–water partition coefficient (Wildman–Crippen LogP) is 3.23. The molecule has 2 aromatic carbocycles. The Balaban J connectivity index is 1.97. The number of hydrogen-bond donors (Lipinski definition) is 2. The van der Waals surface area contributed by atoms with Crippen LogP contribution in [0.1, 0.15) is 10.4 Å². The SMILES string of the molecule is Nc1cc(Br)ccc1NC(=O)c1cccc2nccnc12. The highest BCUT2D eigenvalue weighted by molar-refractivity contribution is 9.10. The highest BCUT2D eigenvalue weighted by Crippen LogP contribution is 2.24. The Kier molecular flexibility index (Phi) is 3.53. The first-order valence-electron chi connectivity index (χ1n) is 6.21. The molecule has 0 spiro atoms. The minimum absolute atomic E-state index is 0.268. The van der Waals surface area contributed by atoms with E-state index < -0.39 is 0 Å². The first-order chi connectivity index (χ1) is 10.1. The lowest BCUT2D eigenvalue weighted by molar-refractivity contribution is 0.102. The number of nitrogens with one attached hydrogen (secondary N) is 1. The number of nitrogens with zero attached hydrogens (tertiary/aromatic N) is 2. The third kappa shape index (κ3) is 2.71. The van der Waals surface area contributed by atoms with Gasteiger partial charge in [0.25, 0.3) is 5.91 Å². The number of halogens is 1. The van der Waals surface area contributed by atoms with E-state index in [0.29, 0.717) is 28.0 Å². The quantitative estimate of drug-likeness (QED) is 0.700. The number of nitrogen functional groups attached to an aromatic ring is 1. The summed E-state index contributed by atoms with van der Waals surface area (Å²) in [4.78, 5) is 20.8. The second-order valence-corrected chi connectivity index (χ2v) is 5.33. The molecule has 0 aliphatic rings. The lowest BCUT2D eigenvalue weighted by Gasteiger charge is -2.09. The van der Waals surface area contributed by atoms with Gasteiger partial charge in [0.2, 0.25) is 0 Å². The summed E-state index contributed by atoms with van der Waals surface area (Å²) in [7, 11) is 0. The van der Waals surface area contributed by atoms with Gasteiger partial charge < -0.3 is 11.1 Å². The zero-order valence-electron chi connectivity index (χ0n) is 10.9. The number of rotatable bonds is 2. The number of benzene rings is 2. The van der Waals surface area contributed by atoms with Crippen molar-refractivity contribution in [3.05, 3.63) is 58.8 Å². The van der Waals surface area contributed by atoms with Crippen LogP contribution in [0, 0.1) is 0 Å². The molecule has 1 amide bonds. The highest BCUT2D eigenvalue weighted by Gasteiger charge is 2.12. The van der Waals surface area contributed by atoms with Crippen molar-refractivity contribution in [3.63, 3.8) is 0 Å². The van der Waals surface area contributed by atoms with Crippen molar-refractivity contribution >= 4 is 44.2 Å². The average molecular weight is 343 g/mol. The van der Waals surface area contributed by atoms with Gasteiger partial charge in [-0.1, -0.05) is 22.0 Å². The standard InChI is InChI=1S/C15H11BrN4O/c16-9-4-5-12(11(17)8-9)20-15(21)10-2-1-3-13-14(10)19-7-6-18-13/h1-8H,17H2,(H,20,21). The van der Waals surface area contributed by atoms with Gasteiger partial charge in [-0.05, 0) is 30.3 Å². The number of fused-ring (bicyclic) bond motifs is 1. The van der Waals surface area contributed by atoms with Crippen molar-refractivity contribution in [2.45, 2.75) is 0 Å². The largest absolute Gasteiger partial charge is 0.397 e. The summed E-state index contributed by atoms with van der Waals surface area (Å²) in [5, 5.41) is 2.79. The van der Waals surface area contributed by atoms with E-state index in [9.17, 15) is 4.79 Å². The lowest BCUT2D eigenvalue weighted by Crippen LogP contribution is -2.14. The smallest absolute Gasteiger partial charge is 0.257 e. The van der Waals surface area contributed by atoms with Crippen LogP contribution < -0.4 is 11.1 Å². The van der Waals surface area contributed by atoms with Crippen molar-refractivity contribution in [3.8, 4) is 0 Å². The lowest BCUT2D eigenvalue weighted by atomic mass is 10.1. The first kappa shape index (κ1) is 13.5. The summed E-state index contributed by atoms with van der Waals surface area (Å²) in [5.74, 6) is -0.268. The van der Waals surface area contributed by atoms with Crippen LogP contribution >= 0.6 is 15.9 Å². The molecule has 5 nitrogen and oxygen atoms in total. The summed E-state index contributed by atoms with van der Waals surface area (Å²) in [5.41, 5.74) is 8.64. The van der Waals surface area contributed by atoms with Crippen molar-refractivity contribution in [1.82, 2.24) is 9.97 Å². The summed E-state index contributed by atoms with van der Waals surface area (Å²) in [6, 6.07) is 10.6. The summed E-state index contributed by atoms with van der Waals surface area (Å²) >= 11 is 3.33. The number of para-hydroxylation sites is 1. The van der Waals surface area contributed by atoms with Gasteiger partial charge in [0, 0.05) is 16.9 Å². The molecular formula is C15H11BrN4O. The molecule has 6 heteroatoms. The maximum absolute atomic E-state index is 12.4. The van der Waals surface area contributed by atoms with E-state index in [0.717, 1.165) is 4.47 Å². The van der Waals surface area contributed by atoms with Crippen LogP contribution in [0.4, 0.5) is 11.4 Å². The molecule has 3 aromatic rings. The number of hydrogen-bond acceptors (Lipinski definition) is 4. The second kappa shape index (κ2) is 5.49. The number of carbonyl (C=O) groups excluding carboxylic acids is 1. The van der Waals surface area contributed by atoms with E-state index in [4.69, 9.17) is 5.73 Å². The van der Waals surface area contributed by atoms with Crippen LogP contribution in [-0.4, -0.2) is 15.9 Å². The molecule has 0 saturated carbocycles. The molecule has 0 atom stereocenters. The maximum Gasteiger partial charge on any atom is 0.257 e. The number of amides is 1. The highest BCUT2D eigenvalue weighted by atomic mass is 79.9. The van der Waals surface area contributed by atoms with Crippen molar-refractivity contribution < 1.29 is 4.79 Å². The van der Waals surface area contributed by atoms with Gasteiger partial charge in [0.1, 0.15) is 5.52 Å². The Morgan fingerprint density at radius 2 is 1.95 bits per heavy atom. The topological polar surface area (TPSA) is 80.9 Å². The summed E-state index contributed by atoms with van der Waals surface area (Å²) in [6.45, 7) is 0. The zero-order chi connectivity index (χ0) is 14.8. The van der Waals surface area contributed by atoms with Gasteiger partial charge in [-0.15, -0.1) is 0 Å². The van der Waals surface area contributed by atoms with E-state index >= 15 is 0 Å². The molecule has 21 heavy (non-hydrogen) atoms. The van der Waals surface area contributed by atoms with E-state index in [1.54, 1.807) is 36.7 Å². The third-order valence-electron chi connectivity index (χ3n) is 3.01. The van der Waals surface area contributed by atoms with Gasteiger partial charge >= 0.3 is 0 Å². The van der Waals surface area contributed by atoms with E-state index in [1.165, 1.54) is 0 Å². The van der Waals surface area contributed by atoms with Crippen LogP contribution in [0.5, 0.6) is 0 Å². The van der Waals surface area contributed by atoms with E-state index in [1.807, 2.05) is 12.1 Å². The van der Waals surface area contributed by atoms with E-state index in [-0.39, 0.29) is 5.91 Å². The molecule has 0 saturated heterocycles. The molecule has 0 fully saturated rings. The van der Waals surface area contributed by atoms with Crippen LogP contribution in [0.15, 0.2) is 53.3 Å². The molecule has 1 aromatic heterocycles. The molecule has 0 aliphatic carbocycles. The Bertz CT molecular complexity index is 830. The Morgan fingerprint density at radius 3 is 2.76 bits per heavy atom. The molecule has 0 unspecified atom stereocenters. The van der Waals surface area contributed by atoms with E-state index in [2.05, 4.69) is 31.2 Å². The Morgan fingerprint density at radius 1 is 1.14 bits per heavy atom. The molecule has 3 N–H and O–H groups in total. The van der Waals surface area contributed by atoms with Gasteiger partial charge in [0.15, 0.2) is 0 Å². The normalized spacial score (nSPS) is 10.5. The van der Waals surface area contributed by atoms with Crippen molar-refractivity contribution in [1.29, 1.82) is 0 Å². The second-order valence-electron chi connectivity index (χ2n) is 4.42. The Hall–Kier alpha value is -2.47. The fourth-order valence-electron chi connectivity index (χ4n) is 2.01. The minimum atomic E-state index is -0.268. The molecule has 0 bridgehead atoms. The fraction of sp³-hybridized carbons (Fsp3) is 0. The predicted molar refractivity (Wildman–Crippen MR) is 86.0 cm³/mol. The molecule has 1 heterocycles. The van der Waals surface area contributed by atoms with Crippen LogP contribution in [0.25, 0.3) is 11.0 Å². The molecular weight excluding hydrogens is 332 g/mol. The Labute approximate surface area is 129 Å². The molecule has 0 radical (unpaired) electrons. The fourth-order valence-corrected chi connectivity index (χ4v) is 2.39. The van der Waals surface area contributed by atoms with Gasteiger partial charge in [-0.3, -0.25) is 14.8 Å². The zero-order valence-corrected chi connectivity index (χ0v) is 12.5. The van der Waals surface area contributed by atoms with Gasteiger partial charge in [-0.2, -0.15) is 0 Å². The number of nitrogens with two attached hydrogens (primary N) is 1. The van der Waals surface area contributed by atoms with Crippen LogP contribution in [-0.2, 0) is 0 Å². The summed E-state index contributed by atoms with van der Waals surface area (Å²) in [6.07, 6.45) is 3.16.